The van der Waals surface area contributed by atoms with E-state index in [1.165, 1.54) is 12.1 Å². The second-order valence-electron chi connectivity index (χ2n) is 9.69. The quantitative estimate of drug-likeness (QED) is 0.158. The predicted molar refractivity (Wildman–Crippen MR) is 148 cm³/mol. The monoisotopic (exact) mass is 524 g/mol. The number of benzene rings is 4. The van der Waals surface area contributed by atoms with E-state index in [1.54, 1.807) is 18.5 Å². The third-order valence-electron chi connectivity index (χ3n) is 7.30. The molecule has 4 aromatic carbocycles. The molecule has 0 spiro atoms. The number of fused-ring (bicyclic) bond motifs is 6. The maximum Gasteiger partial charge on any atom is 0.416 e. The average Bonchev–Trinajstić information content (AvgIpc) is 2.97. The summed E-state index contributed by atoms with van der Waals surface area (Å²) in [4.78, 5) is 8.14. The van der Waals surface area contributed by atoms with Crippen LogP contribution in [0.2, 0.25) is 0 Å². The Morgan fingerprint density at radius 3 is 2.13 bits per heavy atom. The predicted octanol–water partition coefficient (Wildman–Crippen LogP) is 9.66. The molecule has 0 bridgehead atoms. The van der Waals surface area contributed by atoms with Crippen molar-refractivity contribution in [3.63, 3.8) is 0 Å². The van der Waals surface area contributed by atoms with Gasteiger partial charge in [0.25, 0.3) is 0 Å². The van der Waals surface area contributed by atoms with E-state index in [4.69, 9.17) is 0 Å². The lowest BCUT2D eigenvalue weighted by Crippen LogP contribution is -2.06. The van der Waals surface area contributed by atoms with Crippen LogP contribution in [0, 0.1) is 0 Å². The van der Waals surface area contributed by atoms with Gasteiger partial charge in [0.05, 0.1) is 5.56 Å². The minimum Gasteiger partial charge on any atom is -0.242 e. The number of alkyl halides is 4. The zero-order valence-corrected chi connectivity index (χ0v) is 20.9. The number of rotatable bonds is 1. The average molecular weight is 525 g/mol. The topological polar surface area (TPSA) is 25.8 Å². The largest absolute Gasteiger partial charge is 0.416 e. The Morgan fingerprint density at radius 2 is 1.38 bits per heavy atom. The van der Waals surface area contributed by atoms with Gasteiger partial charge in [0, 0.05) is 17.8 Å². The van der Waals surface area contributed by atoms with E-state index in [9.17, 15) is 17.6 Å². The molecule has 6 aromatic rings. The highest BCUT2D eigenvalue weighted by molar-refractivity contribution is 6.13. The number of pyridine rings is 2. The summed E-state index contributed by atoms with van der Waals surface area (Å²) < 4.78 is 53.8. The smallest absolute Gasteiger partial charge is 0.242 e. The van der Waals surface area contributed by atoms with Crippen molar-refractivity contribution < 1.29 is 17.6 Å². The molecular formula is C33H24F4N2. The second-order valence-corrected chi connectivity index (χ2v) is 9.69. The standard InChI is InChI=1S/C25H18F4.C8H6N2/c26-24-9-3-8-19-22-11-10-20-17(15-4-1-5-16(14-15)25(27,28)29)6-2-7-18(20)21(22)12-13-23(19)24;1-3-7-4-2-6-10-8(7)9-5-1/h1-2,4-7,10-14,24H,3,8-9H2;1-6H. The van der Waals surface area contributed by atoms with Crippen molar-refractivity contribution in [2.45, 2.75) is 31.6 Å². The third-order valence-corrected chi connectivity index (χ3v) is 7.30. The molecule has 0 fully saturated rings. The van der Waals surface area contributed by atoms with Crippen molar-refractivity contribution in [3.05, 3.63) is 120 Å². The van der Waals surface area contributed by atoms with Crippen LogP contribution in [0.4, 0.5) is 17.6 Å². The fourth-order valence-corrected chi connectivity index (χ4v) is 5.46. The minimum absolute atomic E-state index is 0.534. The fraction of sp³-hybridized carbons (Fsp3) is 0.152. The first kappa shape index (κ1) is 25.0. The summed E-state index contributed by atoms with van der Waals surface area (Å²) in [5.41, 5.74) is 3.29. The SMILES string of the molecule is FC1CCCc2c1ccc1c2ccc2c(-c3cccc(C(F)(F)F)c3)cccc21.c1cnc2ncccc2c1. The summed E-state index contributed by atoms with van der Waals surface area (Å²) in [7, 11) is 0. The zero-order chi connectivity index (χ0) is 27.0. The molecule has 0 amide bonds. The van der Waals surface area contributed by atoms with E-state index in [0.717, 1.165) is 68.2 Å². The lowest BCUT2D eigenvalue weighted by molar-refractivity contribution is -0.137. The van der Waals surface area contributed by atoms with E-state index in [0.29, 0.717) is 12.0 Å². The van der Waals surface area contributed by atoms with E-state index < -0.39 is 17.9 Å². The molecule has 0 N–H and O–H groups in total. The highest BCUT2D eigenvalue weighted by atomic mass is 19.4. The van der Waals surface area contributed by atoms with E-state index in [2.05, 4.69) is 9.97 Å². The number of aryl methyl sites for hydroxylation is 1. The van der Waals surface area contributed by atoms with E-state index >= 15 is 0 Å². The van der Waals surface area contributed by atoms with Gasteiger partial charge in [-0.3, -0.25) is 0 Å². The van der Waals surface area contributed by atoms with Crippen molar-refractivity contribution in [2.24, 2.45) is 0 Å². The molecule has 7 rings (SSSR count). The van der Waals surface area contributed by atoms with Gasteiger partial charge in [0.15, 0.2) is 5.65 Å². The van der Waals surface area contributed by atoms with Crippen molar-refractivity contribution in [3.8, 4) is 11.1 Å². The number of hydrogen-bond donors (Lipinski definition) is 0. The molecule has 0 aliphatic heterocycles. The number of halogens is 4. The molecule has 0 radical (unpaired) electrons. The Morgan fingerprint density at radius 1 is 0.692 bits per heavy atom. The van der Waals surface area contributed by atoms with Gasteiger partial charge >= 0.3 is 6.18 Å². The lowest BCUT2D eigenvalue weighted by atomic mass is 9.85. The van der Waals surface area contributed by atoms with Crippen molar-refractivity contribution in [1.29, 1.82) is 0 Å². The van der Waals surface area contributed by atoms with E-state index in [-0.39, 0.29) is 0 Å². The van der Waals surface area contributed by atoms with Crippen LogP contribution >= 0.6 is 0 Å². The van der Waals surface area contributed by atoms with Gasteiger partial charge in [-0.05, 0) is 99.5 Å². The summed E-state index contributed by atoms with van der Waals surface area (Å²) in [6, 6.07) is 26.7. The summed E-state index contributed by atoms with van der Waals surface area (Å²) >= 11 is 0. The van der Waals surface area contributed by atoms with Crippen molar-refractivity contribution in [1.82, 2.24) is 9.97 Å². The lowest BCUT2D eigenvalue weighted by Gasteiger charge is -2.22. The maximum absolute atomic E-state index is 14.3. The molecule has 1 atom stereocenters. The number of aromatic nitrogens is 2. The third kappa shape index (κ3) is 4.83. The van der Waals surface area contributed by atoms with Gasteiger partial charge in [0.2, 0.25) is 0 Å². The summed E-state index contributed by atoms with van der Waals surface area (Å²) in [5.74, 6) is 0. The molecule has 1 aliphatic carbocycles. The van der Waals surface area contributed by atoms with Gasteiger partial charge in [-0.2, -0.15) is 13.2 Å². The second kappa shape index (κ2) is 10.1. The number of hydrogen-bond acceptors (Lipinski definition) is 2. The normalized spacial score (nSPS) is 15.1. The van der Waals surface area contributed by atoms with Crippen molar-refractivity contribution >= 4 is 32.6 Å². The van der Waals surface area contributed by atoms with Crippen LogP contribution in [0.3, 0.4) is 0 Å². The number of nitrogens with zero attached hydrogens (tertiary/aromatic N) is 2. The van der Waals surface area contributed by atoms with Gasteiger partial charge in [-0.1, -0.05) is 54.6 Å². The molecule has 0 saturated heterocycles. The summed E-state index contributed by atoms with van der Waals surface area (Å²) in [6.45, 7) is 0. The van der Waals surface area contributed by atoms with Crippen molar-refractivity contribution in [2.75, 3.05) is 0 Å². The first-order chi connectivity index (χ1) is 18.9. The summed E-state index contributed by atoms with van der Waals surface area (Å²) in [5, 5.41) is 5.01. The maximum atomic E-state index is 14.3. The first-order valence-electron chi connectivity index (χ1n) is 12.8. The molecule has 2 aromatic heterocycles. The molecule has 1 aliphatic rings. The van der Waals surface area contributed by atoms with Crippen LogP contribution < -0.4 is 0 Å². The molecule has 39 heavy (non-hydrogen) atoms. The van der Waals surface area contributed by atoms with Gasteiger partial charge in [-0.15, -0.1) is 0 Å². The Bertz CT molecular complexity index is 1740. The highest BCUT2D eigenvalue weighted by Crippen LogP contribution is 2.41. The summed E-state index contributed by atoms with van der Waals surface area (Å²) in [6.07, 6.45) is 0.433. The Balaban J connectivity index is 0.000000231. The van der Waals surface area contributed by atoms with Crippen LogP contribution in [-0.4, -0.2) is 9.97 Å². The first-order valence-corrected chi connectivity index (χ1v) is 12.8. The zero-order valence-electron chi connectivity index (χ0n) is 20.9. The van der Waals surface area contributed by atoms with E-state index in [1.807, 2.05) is 66.7 Å². The molecule has 2 heterocycles. The van der Waals surface area contributed by atoms with Crippen LogP contribution in [0.1, 0.15) is 35.7 Å². The Labute approximate surface area is 223 Å². The molecule has 6 heteroatoms. The Hall–Kier alpha value is -4.32. The van der Waals surface area contributed by atoms with Crippen LogP contribution in [0.5, 0.6) is 0 Å². The molecule has 2 nitrogen and oxygen atoms in total. The molecule has 1 unspecified atom stereocenters. The molecular weight excluding hydrogens is 500 g/mol. The van der Waals surface area contributed by atoms with Crippen LogP contribution in [-0.2, 0) is 12.6 Å². The van der Waals surface area contributed by atoms with Gasteiger partial charge in [0.1, 0.15) is 6.17 Å². The van der Waals surface area contributed by atoms with Gasteiger partial charge < -0.3 is 0 Å². The van der Waals surface area contributed by atoms with Gasteiger partial charge in [-0.25, -0.2) is 14.4 Å². The molecule has 194 valence electrons. The Kier molecular flexibility index (Phi) is 6.47. The van der Waals surface area contributed by atoms with Crippen LogP contribution in [0.25, 0.3) is 43.7 Å². The highest BCUT2D eigenvalue weighted by Gasteiger charge is 2.30. The van der Waals surface area contributed by atoms with Crippen LogP contribution in [0.15, 0.2) is 103 Å². The minimum atomic E-state index is -4.38. The molecule has 0 saturated carbocycles. The fourth-order valence-electron chi connectivity index (χ4n) is 5.46.